The monoisotopic (exact) mass is 452 g/mol. The Morgan fingerprint density at radius 3 is 2.44 bits per heavy atom. The van der Waals surface area contributed by atoms with Crippen LogP contribution < -0.4 is 5.32 Å². The zero-order chi connectivity index (χ0) is 20.1. The second kappa shape index (κ2) is 12.9. The summed E-state index contributed by atoms with van der Waals surface area (Å²) in [5.41, 5.74) is 2.69. The lowest BCUT2D eigenvalue weighted by atomic mass is 10.1. The van der Waals surface area contributed by atoms with E-state index in [1.807, 2.05) is 63.4 Å². The minimum absolute atomic E-state index is 0.239. The number of hydrogen-bond acceptors (Lipinski definition) is 5. The summed E-state index contributed by atoms with van der Waals surface area (Å²) < 4.78 is 10.8. The van der Waals surface area contributed by atoms with Gasteiger partial charge in [0.05, 0.1) is 0 Å². The van der Waals surface area contributed by atoms with Crippen LogP contribution in [0.15, 0.2) is 63.8 Å². The summed E-state index contributed by atoms with van der Waals surface area (Å²) in [6.07, 6.45) is 1.43. The maximum Gasteiger partial charge on any atom is 0.293 e. The Morgan fingerprint density at radius 2 is 1.85 bits per heavy atom. The molecule has 0 aliphatic carbocycles. The van der Waals surface area contributed by atoms with Gasteiger partial charge in [-0.25, -0.2) is 4.98 Å². The van der Waals surface area contributed by atoms with Crippen molar-refractivity contribution >= 4 is 39.9 Å². The van der Waals surface area contributed by atoms with E-state index in [0.29, 0.717) is 17.4 Å². The molecule has 0 radical (unpaired) electrons. The van der Waals surface area contributed by atoms with Gasteiger partial charge in [0.2, 0.25) is 5.88 Å². The van der Waals surface area contributed by atoms with Crippen LogP contribution in [0, 0.1) is 0 Å². The molecule has 0 aliphatic heterocycles. The fraction of sp³-hybridized carbons (Fsp3) is 0.200. The minimum Gasteiger partial charge on any atom is -0.463 e. The number of nitrogens with zero attached hydrogens (tertiary/aromatic N) is 1. The highest BCUT2D eigenvalue weighted by Gasteiger charge is 2.08. The Balaban J connectivity index is 0.000000254. The lowest BCUT2D eigenvalue weighted by molar-refractivity contribution is -0.129. The van der Waals surface area contributed by atoms with Gasteiger partial charge in [-0.2, -0.15) is 0 Å². The number of carbonyl (C=O) groups excluding carboxylic acids is 1. The molecular weight excluding hydrogens is 432 g/mol. The maximum atomic E-state index is 9.82. The number of aromatic nitrogens is 1. The fourth-order valence-electron chi connectivity index (χ4n) is 1.98. The van der Waals surface area contributed by atoms with Crippen LogP contribution in [0.2, 0.25) is 5.02 Å². The van der Waals surface area contributed by atoms with E-state index in [9.17, 15) is 4.79 Å². The number of halogens is 2. The second-order valence-electron chi connectivity index (χ2n) is 4.79. The first kappa shape index (κ1) is 22.7. The smallest absolute Gasteiger partial charge is 0.293 e. The molecule has 1 heterocycles. The van der Waals surface area contributed by atoms with Crippen LogP contribution >= 0.6 is 27.5 Å². The summed E-state index contributed by atoms with van der Waals surface area (Å²) in [5.74, 6) is 0.687. The van der Waals surface area contributed by atoms with E-state index in [2.05, 4.69) is 31.0 Å². The molecule has 144 valence electrons. The third-order valence-electron chi connectivity index (χ3n) is 3.18. The third kappa shape index (κ3) is 7.45. The lowest BCUT2D eigenvalue weighted by Gasteiger charge is -2.00. The standard InChI is InChI=1S/C10H9BrN2O.C8H7ClO2.C2H6/c1-12-10-9(13-6-14-10)7-2-4-8(11)5-3-7;9-8-4-2-1-3-7(8)5-11-6-10;1-2/h2-6,12H,1H3;1-4,6H,5H2;1-2H3. The number of ether oxygens (including phenoxy) is 1. The van der Waals surface area contributed by atoms with Crippen molar-refractivity contribution in [2.75, 3.05) is 12.4 Å². The highest BCUT2D eigenvalue weighted by molar-refractivity contribution is 9.10. The van der Waals surface area contributed by atoms with E-state index >= 15 is 0 Å². The number of oxazole rings is 1. The van der Waals surface area contributed by atoms with Gasteiger partial charge in [0.1, 0.15) is 12.3 Å². The van der Waals surface area contributed by atoms with Crippen molar-refractivity contribution in [3.63, 3.8) is 0 Å². The number of benzene rings is 2. The average molecular weight is 454 g/mol. The van der Waals surface area contributed by atoms with E-state index in [1.54, 1.807) is 6.07 Å². The molecule has 27 heavy (non-hydrogen) atoms. The lowest BCUT2D eigenvalue weighted by Crippen LogP contribution is -1.90. The van der Waals surface area contributed by atoms with E-state index in [4.69, 9.17) is 16.0 Å². The average Bonchev–Trinajstić information content (AvgIpc) is 3.19. The third-order valence-corrected chi connectivity index (χ3v) is 4.07. The van der Waals surface area contributed by atoms with Crippen molar-refractivity contribution < 1.29 is 13.9 Å². The zero-order valence-corrected chi connectivity index (χ0v) is 17.8. The van der Waals surface area contributed by atoms with Crippen molar-refractivity contribution in [2.45, 2.75) is 20.5 Å². The summed E-state index contributed by atoms with van der Waals surface area (Å²) in [6.45, 7) is 4.65. The first-order chi connectivity index (χ1) is 13.2. The van der Waals surface area contributed by atoms with Crippen LogP contribution in [-0.2, 0) is 16.1 Å². The number of hydrogen-bond donors (Lipinski definition) is 1. The molecule has 1 aromatic heterocycles. The Morgan fingerprint density at radius 1 is 1.19 bits per heavy atom. The SMILES string of the molecule is CC.CNc1ocnc1-c1ccc(Br)cc1.O=COCc1ccccc1Cl. The van der Waals surface area contributed by atoms with Crippen LogP contribution in [0.4, 0.5) is 5.88 Å². The van der Waals surface area contributed by atoms with Crippen LogP contribution in [-0.4, -0.2) is 18.5 Å². The molecular formula is C20H22BrClN2O3. The number of nitrogens with one attached hydrogen (secondary N) is 1. The number of carbonyl (C=O) groups is 1. The van der Waals surface area contributed by atoms with Crippen molar-refractivity contribution in [1.29, 1.82) is 0 Å². The summed E-state index contributed by atoms with van der Waals surface area (Å²) in [4.78, 5) is 14.0. The summed E-state index contributed by atoms with van der Waals surface area (Å²) >= 11 is 9.15. The predicted octanol–water partition coefficient (Wildman–Crippen LogP) is 6.19. The molecule has 0 bridgehead atoms. The Labute approximate surface area is 172 Å². The topological polar surface area (TPSA) is 64.4 Å². The molecule has 0 aliphatic rings. The van der Waals surface area contributed by atoms with Crippen molar-refractivity contribution in [1.82, 2.24) is 4.98 Å². The summed E-state index contributed by atoms with van der Waals surface area (Å²) in [7, 11) is 1.81. The Bertz CT molecular complexity index is 807. The van der Waals surface area contributed by atoms with Crippen LogP contribution in [0.1, 0.15) is 19.4 Å². The molecule has 3 rings (SSSR count). The van der Waals surface area contributed by atoms with Gasteiger partial charge in [-0.15, -0.1) is 0 Å². The van der Waals surface area contributed by atoms with Gasteiger partial charge in [-0.3, -0.25) is 4.79 Å². The predicted molar refractivity (Wildman–Crippen MR) is 113 cm³/mol. The molecule has 5 nitrogen and oxygen atoms in total. The van der Waals surface area contributed by atoms with Gasteiger partial charge < -0.3 is 14.5 Å². The van der Waals surface area contributed by atoms with Crippen molar-refractivity contribution in [3.8, 4) is 11.3 Å². The molecule has 0 amide bonds. The Hall–Kier alpha value is -2.31. The second-order valence-corrected chi connectivity index (χ2v) is 6.11. The van der Waals surface area contributed by atoms with Gasteiger partial charge in [-0.05, 0) is 18.2 Å². The minimum atomic E-state index is 0.239. The first-order valence-electron chi connectivity index (χ1n) is 8.31. The van der Waals surface area contributed by atoms with Gasteiger partial charge in [0.15, 0.2) is 6.39 Å². The summed E-state index contributed by atoms with van der Waals surface area (Å²) in [5, 5.41) is 3.57. The molecule has 0 saturated heterocycles. The molecule has 0 unspecified atom stereocenters. The molecule has 0 atom stereocenters. The summed E-state index contributed by atoms with van der Waals surface area (Å²) in [6, 6.07) is 15.2. The quantitative estimate of drug-likeness (QED) is 0.467. The largest absolute Gasteiger partial charge is 0.463 e. The van der Waals surface area contributed by atoms with Crippen LogP contribution in [0.25, 0.3) is 11.3 Å². The van der Waals surface area contributed by atoms with Crippen LogP contribution in [0.5, 0.6) is 0 Å². The molecule has 2 aromatic carbocycles. The van der Waals surface area contributed by atoms with E-state index in [0.717, 1.165) is 21.3 Å². The van der Waals surface area contributed by atoms with E-state index < -0.39 is 0 Å². The highest BCUT2D eigenvalue weighted by atomic mass is 79.9. The number of rotatable bonds is 5. The number of anilines is 1. The highest BCUT2D eigenvalue weighted by Crippen LogP contribution is 2.26. The first-order valence-corrected chi connectivity index (χ1v) is 9.48. The van der Waals surface area contributed by atoms with E-state index in [1.165, 1.54) is 6.39 Å². The van der Waals surface area contributed by atoms with Gasteiger partial charge in [0.25, 0.3) is 6.47 Å². The molecule has 0 fully saturated rings. The van der Waals surface area contributed by atoms with Crippen LogP contribution in [0.3, 0.4) is 0 Å². The van der Waals surface area contributed by atoms with Gasteiger partial charge in [0, 0.05) is 27.7 Å². The maximum absolute atomic E-state index is 9.82. The molecule has 7 heteroatoms. The van der Waals surface area contributed by atoms with Crippen molar-refractivity contribution in [3.05, 3.63) is 70.0 Å². The molecule has 0 saturated carbocycles. The zero-order valence-electron chi connectivity index (χ0n) is 15.4. The van der Waals surface area contributed by atoms with Gasteiger partial charge >= 0.3 is 0 Å². The molecule has 3 aromatic rings. The van der Waals surface area contributed by atoms with E-state index in [-0.39, 0.29) is 6.61 Å². The van der Waals surface area contributed by atoms with Gasteiger partial charge in [-0.1, -0.05) is 71.7 Å². The Kier molecular flexibility index (Phi) is 10.9. The molecule has 0 spiro atoms. The van der Waals surface area contributed by atoms with Crippen molar-refractivity contribution in [2.24, 2.45) is 0 Å². The normalized spacial score (nSPS) is 9.22. The fourth-order valence-corrected chi connectivity index (χ4v) is 2.43. The molecule has 1 N–H and O–H groups in total.